The Bertz CT molecular complexity index is 4850. The molecule has 1 aliphatic rings. The summed E-state index contributed by atoms with van der Waals surface area (Å²) in [4.78, 5) is 5.71. The van der Waals surface area contributed by atoms with Crippen LogP contribution < -0.4 is 14.7 Å². The molecule has 0 unspecified atom stereocenters. The Morgan fingerprint density at radius 1 is 0.340 bits per heavy atom. The lowest BCUT2D eigenvalue weighted by molar-refractivity contribution is 0.289. The van der Waals surface area contributed by atoms with E-state index < -0.39 is 100 Å². The van der Waals surface area contributed by atoms with Gasteiger partial charge in [-0.05, 0) is 146 Å². The van der Waals surface area contributed by atoms with Gasteiger partial charge in [0, 0.05) is 68.9 Å². The topological polar surface area (TPSA) is 286 Å². The highest BCUT2D eigenvalue weighted by molar-refractivity contribution is 8.68. The van der Waals surface area contributed by atoms with E-state index in [0.29, 0.717) is 76.7 Å². The SMILES string of the molecule is CCN(CCS(=O)(=O)S(=O)(=O)c1ccccc1)c1ccc(C(=CC=CC(=C2C=CC(N(CC)CCS(=O)(=O)S(=O)(=O)c3ccccc3)C=C2)c2ccc(N(CC)CCS(=O)(=O)S(=O)(=O)c3ccccc3)cc2)c2ccc(N(CC)CCS(=O)(=O)S(=O)(=O)c3ccccc3)cc2)cc1. The minimum absolute atomic E-state index is 0.116. The summed E-state index contributed by atoms with van der Waals surface area (Å²) in [6.07, 6.45) is 13.0. The van der Waals surface area contributed by atoms with Crippen molar-refractivity contribution in [2.24, 2.45) is 0 Å². The molecular formula is C69H76N4O16S8. The normalized spacial score (nSPS) is 14.2. The number of nitrogens with zero attached hydrogens (tertiary/aromatic N) is 4. The maximum absolute atomic E-state index is 13.4. The van der Waals surface area contributed by atoms with Crippen molar-refractivity contribution in [3.63, 3.8) is 0 Å². The van der Waals surface area contributed by atoms with Gasteiger partial charge >= 0.3 is 0 Å². The van der Waals surface area contributed by atoms with Crippen molar-refractivity contribution in [2.45, 2.75) is 53.3 Å². The van der Waals surface area contributed by atoms with Crippen LogP contribution in [0.1, 0.15) is 44.4 Å². The van der Waals surface area contributed by atoms with E-state index in [4.69, 9.17) is 0 Å². The first kappa shape index (κ1) is 75.0. The van der Waals surface area contributed by atoms with Crippen LogP contribution in [0, 0.1) is 0 Å². The summed E-state index contributed by atoms with van der Waals surface area (Å²) in [6.45, 7) is 7.99. The molecule has 516 valence electrons. The number of hydrogen-bond acceptors (Lipinski definition) is 20. The van der Waals surface area contributed by atoms with Gasteiger partial charge in [-0.2, -0.15) is 0 Å². The lowest BCUT2D eigenvalue weighted by Gasteiger charge is -2.28. The fourth-order valence-corrected chi connectivity index (χ4v) is 24.8. The summed E-state index contributed by atoms with van der Waals surface area (Å²) in [6, 6.07) is 48.9. The average Bonchev–Trinajstić information content (AvgIpc) is 0.808. The summed E-state index contributed by atoms with van der Waals surface area (Å²) >= 11 is 0. The zero-order valence-electron chi connectivity index (χ0n) is 53.7. The lowest BCUT2D eigenvalue weighted by atomic mass is 9.93. The minimum atomic E-state index is -4.71. The molecule has 0 saturated carbocycles. The van der Waals surface area contributed by atoms with Gasteiger partial charge in [0.05, 0.1) is 42.6 Å². The summed E-state index contributed by atoms with van der Waals surface area (Å²) in [5.74, 6) is -2.75. The van der Waals surface area contributed by atoms with Gasteiger partial charge in [-0.3, -0.25) is 4.90 Å². The number of anilines is 3. The Balaban J connectivity index is 1.15. The van der Waals surface area contributed by atoms with Crippen molar-refractivity contribution in [1.29, 1.82) is 0 Å². The molecule has 8 rings (SSSR count). The van der Waals surface area contributed by atoms with Gasteiger partial charge in [-0.1, -0.05) is 159 Å². The zero-order chi connectivity index (χ0) is 70.5. The van der Waals surface area contributed by atoms with E-state index in [0.717, 1.165) is 0 Å². The van der Waals surface area contributed by atoms with Crippen LogP contribution in [0.5, 0.6) is 0 Å². The Hall–Kier alpha value is -7.80. The van der Waals surface area contributed by atoms with Crippen LogP contribution in [0.15, 0.2) is 262 Å². The largest absolute Gasteiger partial charge is 0.371 e. The summed E-state index contributed by atoms with van der Waals surface area (Å²) in [7, 11) is -37.5. The van der Waals surface area contributed by atoms with E-state index in [1.54, 1.807) is 75.4 Å². The van der Waals surface area contributed by atoms with Gasteiger partial charge in [0.25, 0.3) is 71.0 Å². The first-order valence-electron chi connectivity index (χ1n) is 30.9. The van der Waals surface area contributed by atoms with Gasteiger partial charge < -0.3 is 14.7 Å². The molecule has 0 amide bonds. The molecule has 97 heavy (non-hydrogen) atoms. The van der Waals surface area contributed by atoms with Crippen LogP contribution in [-0.4, -0.2) is 154 Å². The van der Waals surface area contributed by atoms with Gasteiger partial charge in [0.15, 0.2) is 0 Å². The van der Waals surface area contributed by atoms with Crippen LogP contribution in [0.3, 0.4) is 0 Å². The molecule has 0 spiro atoms. The predicted molar refractivity (Wildman–Crippen MR) is 385 cm³/mol. The van der Waals surface area contributed by atoms with Crippen molar-refractivity contribution in [3.8, 4) is 0 Å². The Morgan fingerprint density at radius 2 is 0.619 bits per heavy atom. The Morgan fingerprint density at radius 3 is 0.897 bits per heavy atom. The fraction of sp³-hybridized carbons (Fsp3) is 0.246. The number of benzene rings is 7. The Kier molecular flexibility index (Phi) is 24.6. The highest BCUT2D eigenvalue weighted by Crippen LogP contribution is 2.33. The minimum Gasteiger partial charge on any atom is -0.371 e. The van der Waals surface area contributed by atoms with Crippen LogP contribution in [-0.2, 0) is 71.0 Å². The molecule has 0 N–H and O–H groups in total. The lowest BCUT2D eigenvalue weighted by Crippen LogP contribution is -2.38. The third kappa shape index (κ3) is 17.4. The number of rotatable bonds is 33. The number of hydrogen-bond donors (Lipinski definition) is 0. The summed E-state index contributed by atoms with van der Waals surface area (Å²) in [5.41, 5.74) is 5.85. The van der Waals surface area contributed by atoms with Gasteiger partial charge in [-0.15, -0.1) is 0 Å². The monoisotopic (exact) mass is 1470 g/mol. The van der Waals surface area contributed by atoms with Crippen molar-refractivity contribution in [1.82, 2.24) is 4.90 Å². The van der Waals surface area contributed by atoms with E-state index >= 15 is 0 Å². The third-order valence-electron chi connectivity index (χ3n) is 16.3. The molecule has 1 aliphatic carbocycles. The second kappa shape index (κ2) is 31.8. The number of likely N-dealkylation sites (N-methyl/N-ethyl adjacent to an activating group) is 1. The molecule has 28 heteroatoms. The highest BCUT2D eigenvalue weighted by Gasteiger charge is 2.36. The van der Waals surface area contributed by atoms with Gasteiger partial charge in [-0.25, -0.2) is 67.3 Å². The van der Waals surface area contributed by atoms with Crippen molar-refractivity contribution < 1.29 is 67.3 Å². The van der Waals surface area contributed by atoms with Crippen molar-refractivity contribution >= 4 is 99.2 Å². The molecule has 0 saturated heterocycles. The summed E-state index contributed by atoms with van der Waals surface area (Å²) in [5, 5.41) is 0. The first-order chi connectivity index (χ1) is 45.9. The maximum atomic E-state index is 13.4. The van der Waals surface area contributed by atoms with Crippen LogP contribution in [0.25, 0.3) is 11.1 Å². The Labute approximate surface area is 569 Å². The molecule has 0 heterocycles. The fourth-order valence-electron chi connectivity index (χ4n) is 10.7. The second-order valence-corrected chi connectivity index (χ2v) is 45.1. The van der Waals surface area contributed by atoms with E-state index in [1.807, 2.05) is 112 Å². The van der Waals surface area contributed by atoms with Gasteiger partial charge in [0.1, 0.15) is 0 Å². The maximum Gasteiger partial charge on any atom is 0.282 e. The number of allylic oxidation sites excluding steroid dienone is 7. The van der Waals surface area contributed by atoms with E-state index in [-0.39, 0.29) is 45.8 Å². The quantitative estimate of drug-likeness (QED) is 0.0273. The smallest absolute Gasteiger partial charge is 0.282 e. The average molecular weight is 1470 g/mol. The molecular weight excluding hydrogens is 1400 g/mol. The molecule has 0 aliphatic heterocycles. The molecule has 7 aromatic rings. The van der Waals surface area contributed by atoms with Crippen LogP contribution in [0.2, 0.25) is 0 Å². The van der Waals surface area contributed by atoms with Crippen LogP contribution in [0.4, 0.5) is 17.1 Å². The van der Waals surface area contributed by atoms with Crippen molar-refractivity contribution in [2.75, 3.05) is 90.1 Å². The van der Waals surface area contributed by atoms with E-state index in [2.05, 4.69) is 0 Å². The predicted octanol–water partition coefficient (Wildman–Crippen LogP) is 9.64. The standard InChI is InChI=1S/C69H76N4O16S8/c1-5-70(48-52-90(74,75)94(82,83)64-22-13-9-14-23-64)60-40-32-56(33-41-60)68(57-34-42-61(43-35-57)71(6-2)49-53-91(76,77)95(84,85)65-24-15-10-16-25-65)30-21-31-69(58-36-44-62(45-37-58)72(7-3)50-54-92(78,79)96(86,87)66-26-17-11-18-27-66)59-38-46-63(47-39-59)73(8-4)51-55-93(80,81)97(88,89)67-28-19-12-20-29-67/h9-47,60H,5-8,48-55H2,1-4H3. The van der Waals surface area contributed by atoms with Crippen molar-refractivity contribution in [3.05, 3.63) is 259 Å². The molecule has 7 aromatic carbocycles. The zero-order valence-corrected chi connectivity index (χ0v) is 60.2. The second-order valence-electron chi connectivity index (χ2n) is 22.1. The molecule has 0 aromatic heterocycles. The molecule has 0 atom stereocenters. The molecule has 0 fully saturated rings. The molecule has 0 radical (unpaired) electrons. The third-order valence-corrected chi connectivity index (χ3v) is 37.4. The molecule has 0 bridgehead atoms. The van der Waals surface area contributed by atoms with E-state index in [1.165, 1.54) is 97.1 Å². The summed E-state index contributed by atoms with van der Waals surface area (Å²) < 4.78 is 213. The first-order valence-corrected chi connectivity index (χ1v) is 45.5. The molecule has 20 nitrogen and oxygen atoms in total. The van der Waals surface area contributed by atoms with Crippen LogP contribution >= 0.6 is 0 Å². The van der Waals surface area contributed by atoms with E-state index in [9.17, 15) is 67.3 Å². The van der Waals surface area contributed by atoms with Gasteiger partial charge in [0.2, 0.25) is 0 Å². The highest BCUT2D eigenvalue weighted by atomic mass is 33.2.